The summed E-state index contributed by atoms with van der Waals surface area (Å²) in [7, 11) is 0. The summed E-state index contributed by atoms with van der Waals surface area (Å²) in [6, 6.07) is 16.8. The minimum Gasteiger partial charge on any atom is -0.408 e. The molecule has 0 saturated carbocycles. The molecule has 0 saturated heterocycles. The van der Waals surface area contributed by atoms with E-state index in [0.29, 0.717) is 11.1 Å². The van der Waals surface area contributed by atoms with Crippen molar-refractivity contribution in [3.63, 3.8) is 0 Å². The van der Waals surface area contributed by atoms with Gasteiger partial charge in [-0.05, 0) is 23.6 Å². The number of para-hydroxylation sites is 2. The first-order valence-corrected chi connectivity index (χ1v) is 7.99. The maximum atomic E-state index is 12.5. The molecule has 0 bridgehead atoms. The van der Waals surface area contributed by atoms with Crippen molar-refractivity contribution >= 4 is 17.0 Å². The second-order valence-corrected chi connectivity index (χ2v) is 6.12. The van der Waals surface area contributed by atoms with Gasteiger partial charge in [0.05, 0.1) is 11.6 Å². The molecule has 124 valence electrons. The minimum absolute atomic E-state index is 0.0636. The average molecular weight is 324 g/mol. The van der Waals surface area contributed by atoms with Crippen LogP contribution >= 0.6 is 0 Å². The SMILES string of the molecule is CC(C)C(NC(=O)Cn1c(=O)oc2ccccc21)c1ccccc1. The topological polar surface area (TPSA) is 64.2 Å². The number of carbonyl (C=O) groups excluding carboxylic acids is 1. The lowest BCUT2D eigenvalue weighted by molar-refractivity contribution is -0.122. The molecule has 0 aliphatic carbocycles. The van der Waals surface area contributed by atoms with Crippen LogP contribution in [0.4, 0.5) is 0 Å². The van der Waals surface area contributed by atoms with E-state index in [1.54, 1.807) is 18.2 Å². The number of carbonyl (C=O) groups is 1. The first-order chi connectivity index (χ1) is 11.6. The van der Waals surface area contributed by atoms with Crippen LogP contribution in [-0.2, 0) is 11.3 Å². The molecule has 0 radical (unpaired) electrons. The molecule has 1 unspecified atom stereocenters. The molecule has 24 heavy (non-hydrogen) atoms. The van der Waals surface area contributed by atoms with Crippen molar-refractivity contribution in [2.45, 2.75) is 26.4 Å². The Kier molecular flexibility index (Phi) is 4.51. The zero-order valence-corrected chi connectivity index (χ0v) is 13.7. The van der Waals surface area contributed by atoms with E-state index < -0.39 is 5.76 Å². The molecule has 1 atom stereocenters. The van der Waals surface area contributed by atoms with E-state index in [2.05, 4.69) is 19.2 Å². The van der Waals surface area contributed by atoms with E-state index in [-0.39, 0.29) is 24.4 Å². The van der Waals surface area contributed by atoms with Gasteiger partial charge in [0.2, 0.25) is 5.91 Å². The lowest BCUT2D eigenvalue weighted by atomic mass is 9.96. The molecule has 2 aromatic carbocycles. The number of oxazole rings is 1. The molecule has 1 N–H and O–H groups in total. The number of nitrogens with one attached hydrogen (secondary N) is 1. The summed E-state index contributed by atoms with van der Waals surface area (Å²) in [5.74, 6) is -0.507. The lowest BCUT2D eigenvalue weighted by Gasteiger charge is -2.23. The predicted octanol–water partition coefficient (Wildman–Crippen LogP) is 3.11. The van der Waals surface area contributed by atoms with Gasteiger partial charge in [0.15, 0.2) is 5.58 Å². The molecule has 1 amide bonds. The standard InChI is InChI=1S/C19H20N2O3/c1-13(2)18(14-8-4-3-5-9-14)20-17(22)12-21-15-10-6-7-11-16(15)24-19(21)23/h3-11,13,18H,12H2,1-2H3,(H,20,22). The Labute approximate surface area is 139 Å². The van der Waals surface area contributed by atoms with E-state index in [1.165, 1.54) is 4.57 Å². The van der Waals surface area contributed by atoms with Crippen molar-refractivity contribution < 1.29 is 9.21 Å². The maximum Gasteiger partial charge on any atom is 0.420 e. The Morgan fingerprint density at radius 1 is 1.08 bits per heavy atom. The van der Waals surface area contributed by atoms with Crippen molar-refractivity contribution in [3.8, 4) is 0 Å². The highest BCUT2D eigenvalue weighted by Gasteiger charge is 2.19. The molecule has 0 aliphatic heterocycles. The molecule has 1 heterocycles. The molecule has 0 aliphatic rings. The smallest absolute Gasteiger partial charge is 0.408 e. The van der Waals surface area contributed by atoms with Crippen LogP contribution < -0.4 is 11.1 Å². The van der Waals surface area contributed by atoms with Gasteiger partial charge >= 0.3 is 5.76 Å². The quantitative estimate of drug-likeness (QED) is 0.784. The van der Waals surface area contributed by atoms with Gasteiger partial charge in [-0.25, -0.2) is 4.79 Å². The lowest BCUT2D eigenvalue weighted by Crippen LogP contribution is -2.35. The predicted molar refractivity (Wildman–Crippen MR) is 92.6 cm³/mol. The Bertz CT molecular complexity index is 894. The van der Waals surface area contributed by atoms with Gasteiger partial charge in [-0.3, -0.25) is 9.36 Å². The third-order valence-electron chi connectivity index (χ3n) is 4.02. The van der Waals surface area contributed by atoms with E-state index in [1.807, 2.05) is 36.4 Å². The highest BCUT2D eigenvalue weighted by atomic mass is 16.4. The van der Waals surface area contributed by atoms with Crippen molar-refractivity contribution in [3.05, 3.63) is 70.7 Å². The van der Waals surface area contributed by atoms with Gasteiger partial charge in [0.25, 0.3) is 0 Å². The second-order valence-electron chi connectivity index (χ2n) is 6.12. The van der Waals surface area contributed by atoms with Gasteiger partial charge in [-0.15, -0.1) is 0 Å². The van der Waals surface area contributed by atoms with E-state index in [9.17, 15) is 9.59 Å². The number of nitrogens with zero attached hydrogens (tertiary/aromatic N) is 1. The maximum absolute atomic E-state index is 12.5. The summed E-state index contributed by atoms with van der Waals surface area (Å²) in [4.78, 5) is 24.5. The summed E-state index contributed by atoms with van der Waals surface area (Å²) in [6.45, 7) is 4.04. The highest BCUT2D eigenvalue weighted by Crippen LogP contribution is 2.21. The van der Waals surface area contributed by atoms with Crippen LogP contribution in [-0.4, -0.2) is 10.5 Å². The van der Waals surface area contributed by atoms with Crippen LogP contribution in [0.5, 0.6) is 0 Å². The molecule has 3 aromatic rings. The molecule has 3 rings (SSSR count). The minimum atomic E-state index is -0.521. The number of rotatable bonds is 5. The largest absolute Gasteiger partial charge is 0.420 e. The van der Waals surface area contributed by atoms with E-state index in [4.69, 9.17) is 4.42 Å². The summed E-state index contributed by atoms with van der Waals surface area (Å²) >= 11 is 0. The van der Waals surface area contributed by atoms with Crippen LogP contribution in [0.3, 0.4) is 0 Å². The van der Waals surface area contributed by atoms with Crippen molar-refractivity contribution in [2.75, 3.05) is 0 Å². The van der Waals surface area contributed by atoms with Crippen molar-refractivity contribution in [2.24, 2.45) is 5.92 Å². The first kappa shape index (κ1) is 16.1. The summed E-state index contributed by atoms with van der Waals surface area (Å²) in [5, 5.41) is 3.02. The molecule has 0 fully saturated rings. The van der Waals surface area contributed by atoms with Gasteiger partial charge in [-0.2, -0.15) is 0 Å². The average Bonchev–Trinajstić information content (AvgIpc) is 2.89. The molecular formula is C19H20N2O3. The fourth-order valence-corrected chi connectivity index (χ4v) is 2.82. The molecule has 1 aromatic heterocycles. The Morgan fingerprint density at radius 3 is 2.46 bits per heavy atom. The van der Waals surface area contributed by atoms with Crippen molar-refractivity contribution in [1.29, 1.82) is 0 Å². The second kappa shape index (κ2) is 6.74. The molecular weight excluding hydrogens is 304 g/mol. The number of hydrogen-bond donors (Lipinski definition) is 1. The van der Waals surface area contributed by atoms with Gasteiger partial charge in [-0.1, -0.05) is 56.3 Å². The van der Waals surface area contributed by atoms with Crippen LogP contribution in [0.25, 0.3) is 11.1 Å². The Morgan fingerprint density at radius 2 is 1.75 bits per heavy atom. The molecule has 5 nitrogen and oxygen atoms in total. The van der Waals surface area contributed by atoms with Gasteiger partial charge < -0.3 is 9.73 Å². The molecule has 0 spiro atoms. The van der Waals surface area contributed by atoms with Crippen LogP contribution in [0.2, 0.25) is 0 Å². The van der Waals surface area contributed by atoms with Crippen molar-refractivity contribution in [1.82, 2.24) is 9.88 Å². The monoisotopic (exact) mass is 324 g/mol. The Hall–Kier alpha value is -2.82. The fraction of sp³-hybridized carbons (Fsp3) is 0.263. The van der Waals surface area contributed by atoms with Gasteiger partial charge in [0, 0.05) is 0 Å². The van der Waals surface area contributed by atoms with Crippen LogP contribution in [0, 0.1) is 5.92 Å². The number of amides is 1. The summed E-state index contributed by atoms with van der Waals surface area (Å²) < 4.78 is 6.52. The summed E-state index contributed by atoms with van der Waals surface area (Å²) in [5.41, 5.74) is 2.16. The fourth-order valence-electron chi connectivity index (χ4n) is 2.82. The first-order valence-electron chi connectivity index (χ1n) is 7.99. The number of fused-ring (bicyclic) bond motifs is 1. The zero-order valence-electron chi connectivity index (χ0n) is 13.7. The Balaban J connectivity index is 1.81. The van der Waals surface area contributed by atoms with Crippen LogP contribution in [0.1, 0.15) is 25.5 Å². The number of hydrogen-bond acceptors (Lipinski definition) is 3. The van der Waals surface area contributed by atoms with E-state index >= 15 is 0 Å². The third kappa shape index (κ3) is 3.25. The number of benzene rings is 2. The molecule has 5 heteroatoms. The highest BCUT2D eigenvalue weighted by molar-refractivity contribution is 5.79. The zero-order chi connectivity index (χ0) is 17.1. The normalized spacial score (nSPS) is 12.5. The summed E-state index contributed by atoms with van der Waals surface area (Å²) in [6.07, 6.45) is 0. The van der Waals surface area contributed by atoms with Gasteiger partial charge in [0.1, 0.15) is 6.54 Å². The third-order valence-corrected chi connectivity index (χ3v) is 4.02. The number of aromatic nitrogens is 1. The van der Waals surface area contributed by atoms with Crippen LogP contribution in [0.15, 0.2) is 63.8 Å². The van der Waals surface area contributed by atoms with E-state index in [0.717, 1.165) is 5.56 Å².